The maximum absolute atomic E-state index is 13.4. The number of pyridine rings is 1. The van der Waals surface area contributed by atoms with Gasteiger partial charge in [-0.1, -0.05) is 12.1 Å². The fourth-order valence-electron chi connectivity index (χ4n) is 4.30. The zero-order valence-corrected chi connectivity index (χ0v) is 15.9. The first-order valence-electron chi connectivity index (χ1n) is 10.0. The van der Waals surface area contributed by atoms with E-state index < -0.39 is 0 Å². The average Bonchev–Trinajstić information content (AvgIpc) is 3.15. The normalized spacial score (nSPS) is 25.6. The number of hydrogen-bond acceptors (Lipinski definition) is 4. The second-order valence-electron chi connectivity index (χ2n) is 7.86. The number of halogens is 1. The number of nitrogens with one attached hydrogen (secondary N) is 1. The molecule has 1 aromatic heterocycles. The topological polar surface area (TPSA) is 65.5 Å². The molecule has 2 aliphatic rings. The van der Waals surface area contributed by atoms with Gasteiger partial charge in [0.25, 0.3) is 5.91 Å². The molecule has 0 unspecified atom stereocenters. The quantitative estimate of drug-likeness (QED) is 0.852. The highest BCUT2D eigenvalue weighted by Gasteiger charge is 2.30. The average molecular weight is 383 g/mol. The molecule has 0 spiro atoms. The predicted octanol–water partition coefficient (Wildman–Crippen LogP) is 3.00. The Morgan fingerprint density at radius 3 is 2.61 bits per heavy atom. The van der Waals surface area contributed by atoms with Crippen molar-refractivity contribution in [2.75, 3.05) is 13.1 Å². The molecule has 1 atom stereocenters. The van der Waals surface area contributed by atoms with Crippen molar-refractivity contribution in [3.63, 3.8) is 0 Å². The van der Waals surface area contributed by atoms with Gasteiger partial charge in [-0.15, -0.1) is 0 Å². The molecule has 2 N–H and O–H groups in total. The molecule has 1 saturated heterocycles. The molecule has 148 valence electrons. The number of amides is 1. The molecule has 4 rings (SSSR count). The lowest BCUT2D eigenvalue weighted by molar-refractivity contribution is 0.0905. The first-order valence-corrected chi connectivity index (χ1v) is 10.0. The summed E-state index contributed by atoms with van der Waals surface area (Å²) in [6.45, 7) is 1.76. The van der Waals surface area contributed by atoms with Crippen molar-refractivity contribution in [2.45, 2.75) is 50.3 Å². The van der Waals surface area contributed by atoms with Crippen LogP contribution in [0.15, 0.2) is 42.6 Å². The van der Waals surface area contributed by atoms with Gasteiger partial charge in [0.05, 0.1) is 17.4 Å². The number of β-amino-alcohol motifs (C(OH)–C–C–N with tert-alkyl or cyclic N) is 1. The Morgan fingerprint density at radius 1 is 1.14 bits per heavy atom. The van der Waals surface area contributed by atoms with E-state index in [1.165, 1.54) is 12.1 Å². The van der Waals surface area contributed by atoms with Gasteiger partial charge in [0.2, 0.25) is 0 Å². The number of benzene rings is 1. The molecule has 5 nitrogen and oxygen atoms in total. The third kappa shape index (κ3) is 4.39. The Hall–Kier alpha value is -2.31. The Labute approximate surface area is 164 Å². The van der Waals surface area contributed by atoms with Crippen LogP contribution in [0.1, 0.15) is 42.5 Å². The van der Waals surface area contributed by atoms with E-state index in [0.29, 0.717) is 22.9 Å². The number of carbonyl (C=O) groups excluding carboxylic acids is 1. The fraction of sp³-hybridized carbons (Fsp3) is 0.455. The van der Waals surface area contributed by atoms with Crippen molar-refractivity contribution in [3.05, 3.63) is 54.0 Å². The second kappa shape index (κ2) is 8.37. The zero-order valence-electron chi connectivity index (χ0n) is 15.9. The van der Waals surface area contributed by atoms with Crippen LogP contribution in [0.4, 0.5) is 4.39 Å². The molecule has 1 amide bonds. The lowest BCUT2D eigenvalue weighted by atomic mass is 9.90. The maximum atomic E-state index is 13.4. The van der Waals surface area contributed by atoms with Crippen LogP contribution in [0.25, 0.3) is 11.3 Å². The summed E-state index contributed by atoms with van der Waals surface area (Å²) >= 11 is 0. The lowest BCUT2D eigenvalue weighted by Crippen LogP contribution is -2.43. The fourth-order valence-corrected chi connectivity index (χ4v) is 4.30. The molecule has 1 aromatic carbocycles. The summed E-state index contributed by atoms with van der Waals surface area (Å²) < 4.78 is 13.4. The lowest BCUT2D eigenvalue weighted by Gasteiger charge is -2.34. The molecule has 0 bridgehead atoms. The van der Waals surface area contributed by atoms with Crippen molar-refractivity contribution in [1.29, 1.82) is 0 Å². The zero-order chi connectivity index (χ0) is 19.5. The number of likely N-dealkylation sites (tertiary alicyclic amines) is 1. The van der Waals surface area contributed by atoms with Crippen LogP contribution in [0.2, 0.25) is 0 Å². The largest absolute Gasteiger partial charge is 0.392 e. The highest BCUT2D eigenvalue weighted by atomic mass is 19.1. The molecule has 6 heteroatoms. The van der Waals surface area contributed by atoms with Crippen LogP contribution >= 0.6 is 0 Å². The molecule has 1 aliphatic carbocycles. The molecule has 2 fully saturated rings. The summed E-state index contributed by atoms with van der Waals surface area (Å²) in [4.78, 5) is 19.2. The summed E-state index contributed by atoms with van der Waals surface area (Å²) in [5.41, 5.74) is 1.85. The van der Waals surface area contributed by atoms with E-state index in [4.69, 9.17) is 0 Å². The van der Waals surface area contributed by atoms with Crippen LogP contribution in [-0.2, 0) is 0 Å². The van der Waals surface area contributed by atoms with Gasteiger partial charge in [-0.2, -0.15) is 0 Å². The maximum Gasteiger partial charge on any atom is 0.253 e. The minimum Gasteiger partial charge on any atom is -0.392 e. The molecule has 28 heavy (non-hydrogen) atoms. The molecule has 1 saturated carbocycles. The molecule has 2 aromatic rings. The van der Waals surface area contributed by atoms with Crippen LogP contribution in [-0.4, -0.2) is 52.2 Å². The van der Waals surface area contributed by atoms with Crippen molar-refractivity contribution in [3.8, 4) is 11.3 Å². The standard InChI is InChI=1S/C22H26FN3O2/c23-17-3-1-2-15(12-17)21-9-4-16(13-24-21)22(28)25-18-5-7-19(8-6-18)26-11-10-20(27)14-26/h1-4,9,12-13,18-20,27H,5-8,10-11,14H2,(H,25,28)/t18?,19?,20-/m0/s1. The van der Waals surface area contributed by atoms with Crippen LogP contribution < -0.4 is 5.32 Å². The van der Waals surface area contributed by atoms with Crippen molar-refractivity contribution >= 4 is 5.91 Å². The number of aromatic nitrogens is 1. The van der Waals surface area contributed by atoms with E-state index in [1.807, 2.05) is 0 Å². The van der Waals surface area contributed by atoms with Crippen molar-refractivity contribution in [2.24, 2.45) is 0 Å². The number of aliphatic hydroxyl groups is 1. The Morgan fingerprint density at radius 2 is 1.96 bits per heavy atom. The van der Waals surface area contributed by atoms with E-state index in [2.05, 4.69) is 15.2 Å². The smallest absolute Gasteiger partial charge is 0.253 e. The molecule has 1 aliphatic heterocycles. The summed E-state index contributed by atoms with van der Waals surface area (Å²) in [5, 5.41) is 12.8. The van der Waals surface area contributed by atoms with Gasteiger partial charge in [0.15, 0.2) is 0 Å². The van der Waals surface area contributed by atoms with E-state index in [9.17, 15) is 14.3 Å². The van der Waals surface area contributed by atoms with E-state index in [1.54, 1.807) is 30.5 Å². The van der Waals surface area contributed by atoms with Crippen LogP contribution in [0.3, 0.4) is 0 Å². The van der Waals surface area contributed by atoms with Crippen LogP contribution in [0, 0.1) is 5.82 Å². The monoisotopic (exact) mass is 383 g/mol. The number of rotatable bonds is 4. The summed E-state index contributed by atoms with van der Waals surface area (Å²) in [6.07, 6.45) is 6.25. The number of aliphatic hydroxyl groups excluding tert-OH is 1. The van der Waals surface area contributed by atoms with E-state index in [0.717, 1.165) is 45.2 Å². The van der Waals surface area contributed by atoms with E-state index in [-0.39, 0.29) is 23.9 Å². The van der Waals surface area contributed by atoms with Gasteiger partial charge in [0.1, 0.15) is 5.82 Å². The highest BCUT2D eigenvalue weighted by molar-refractivity contribution is 5.94. The number of hydrogen-bond donors (Lipinski definition) is 2. The van der Waals surface area contributed by atoms with Gasteiger partial charge in [-0.05, 0) is 56.4 Å². The van der Waals surface area contributed by atoms with Gasteiger partial charge >= 0.3 is 0 Å². The minimum atomic E-state index is -0.305. The summed E-state index contributed by atoms with van der Waals surface area (Å²) in [5.74, 6) is -0.418. The van der Waals surface area contributed by atoms with E-state index >= 15 is 0 Å². The first kappa shape index (κ1) is 19.0. The van der Waals surface area contributed by atoms with Gasteiger partial charge in [0, 0.05) is 36.9 Å². The predicted molar refractivity (Wildman–Crippen MR) is 105 cm³/mol. The van der Waals surface area contributed by atoms with Crippen molar-refractivity contribution < 1.29 is 14.3 Å². The van der Waals surface area contributed by atoms with Crippen molar-refractivity contribution in [1.82, 2.24) is 15.2 Å². The number of carbonyl (C=O) groups is 1. The SMILES string of the molecule is O=C(NC1CCC(N2CC[C@H](O)C2)CC1)c1ccc(-c2cccc(F)c2)nc1. The Balaban J connectivity index is 1.30. The summed E-state index contributed by atoms with van der Waals surface area (Å²) in [7, 11) is 0. The molecular formula is C22H26FN3O2. The molecule has 2 heterocycles. The molecular weight excluding hydrogens is 357 g/mol. The highest BCUT2D eigenvalue weighted by Crippen LogP contribution is 2.26. The number of nitrogens with zero attached hydrogens (tertiary/aromatic N) is 2. The Bertz CT molecular complexity index is 819. The van der Waals surface area contributed by atoms with Gasteiger partial charge in [-0.25, -0.2) is 4.39 Å². The Kier molecular flexibility index (Phi) is 5.69. The van der Waals surface area contributed by atoms with Gasteiger partial charge < -0.3 is 10.4 Å². The first-order chi connectivity index (χ1) is 13.6. The minimum absolute atomic E-state index is 0.113. The second-order valence-corrected chi connectivity index (χ2v) is 7.86. The van der Waals surface area contributed by atoms with Gasteiger partial charge in [-0.3, -0.25) is 14.7 Å². The third-order valence-corrected chi connectivity index (χ3v) is 5.89. The molecule has 0 radical (unpaired) electrons. The summed E-state index contributed by atoms with van der Waals surface area (Å²) in [6, 6.07) is 10.5. The van der Waals surface area contributed by atoms with Crippen LogP contribution in [0.5, 0.6) is 0 Å². The third-order valence-electron chi connectivity index (χ3n) is 5.89.